The van der Waals surface area contributed by atoms with Crippen LogP contribution in [0.2, 0.25) is 0 Å². The van der Waals surface area contributed by atoms with Crippen LogP contribution < -0.4 is 20.3 Å². The van der Waals surface area contributed by atoms with Crippen LogP contribution in [0.5, 0.6) is 11.5 Å². The lowest BCUT2D eigenvalue weighted by Crippen LogP contribution is -2.43. The highest BCUT2D eigenvalue weighted by molar-refractivity contribution is 5.95. The minimum atomic E-state index is -0.442. The van der Waals surface area contributed by atoms with Gasteiger partial charge in [-0.2, -0.15) is 0 Å². The molecule has 1 unspecified atom stereocenters. The number of rotatable bonds is 9. The van der Waals surface area contributed by atoms with E-state index in [0.29, 0.717) is 29.6 Å². The summed E-state index contributed by atoms with van der Waals surface area (Å²) in [7, 11) is 0. The number of amides is 2. The molecule has 2 aromatic carbocycles. The average Bonchev–Trinajstić information content (AvgIpc) is 2.74. The predicted molar refractivity (Wildman–Crippen MR) is 108 cm³/mol. The van der Waals surface area contributed by atoms with Crippen molar-refractivity contribution in [2.45, 2.75) is 39.5 Å². The van der Waals surface area contributed by atoms with Crippen molar-refractivity contribution in [3.05, 3.63) is 59.7 Å². The van der Waals surface area contributed by atoms with Crippen LogP contribution in [0.15, 0.2) is 48.5 Å². The smallest absolute Gasteiger partial charge is 0.276 e. The first-order valence-corrected chi connectivity index (χ1v) is 9.58. The second-order valence-corrected chi connectivity index (χ2v) is 6.54. The summed E-state index contributed by atoms with van der Waals surface area (Å²) < 4.78 is 10.9. The van der Waals surface area contributed by atoms with Gasteiger partial charge in [0.25, 0.3) is 11.8 Å². The van der Waals surface area contributed by atoms with E-state index < -0.39 is 11.8 Å². The van der Waals surface area contributed by atoms with Crippen molar-refractivity contribution >= 4 is 11.8 Å². The van der Waals surface area contributed by atoms with Gasteiger partial charge in [-0.05, 0) is 60.7 Å². The summed E-state index contributed by atoms with van der Waals surface area (Å²) >= 11 is 0. The van der Waals surface area contributed by atoms with Crippen LogP contribution in [-0.2, 0) is 4.79 Å². The lowest BCUT2D eigenvalue weighted by Gasteiger charge is -2.11. The van der Waals surface area contributed by atoms with E-state index >= 15 is 0 Å². The molecule has 0 fully saturated rings. The molecule has 2 N–H and O–H groups in total. The van der Waals surface area contributed by atoms with Crippen molar-refractivity contribution in [1.82, 2.24) is 10.9 Å². The number of hydrogen-bond acceptors (Lipinski definition) is 4. The summed E-state index contributed by atoms with van der Waals surface area (Å²) in [6, 6.07) is 14.4. The van der Waals surface area contributed by atoms with Crippen LogP contribution in [0.4, 0.5) is 0 Å². The van der Waals surface area contributed by atoms with Crippen molar-refractivity contribution in [2.24, 2.45) is 0 Å². The van der Waals surface area contributed by atoms with Crippen LogP contribution in [0, 0.1) is 0 Å². The summed E-state index contributed by atoms with van der Waals surface area (Å²) in [4.78, 5) is 23.9. The second kappa shape index (κ2) is 11.0. The molecule has 2 amide bonds. The zero-order valence-corrected chi connectivity index (χ0v) is 16.7. The van der Waals surface area contributed by atoms with Crippen molar-refractivity contribution in [3.8, 4) is 11.5 Å². The summed E-state index contributed by atoms with van der Waals surface area (Å²) in [6.45, 7) is 6.77. The van der Waals surface area contributed by atoms with Gasteiger partial charge in [-0.1, -0.05) is 32.9 Å². The van der Waals surface area contributed by atoms with E-state index in [0.717, 1.165) is 12.8 Å². The van der Waals surface area contributed by atoms with E-state index in [1.807, 2.05) is 31.2 Å². The average molecular weight is 384 g/mol. The number of carbonyl (C=O) groups is 2. The van der Waals surface area contributed by atoms with Gasteiger partial charge < -0.3 is 9.47 Å². The van der Waals surface area contributed by atoms with E-state index in [1.165, 1.54) is 5.56 Å². The third kappa shape index (κ3) is 6.61. The van der Waals surface area contributed by atoms with E-state index in [4.69, 9.17) is 9.47 Å². The van der Waals surface area contributed by atoms with Gasteiger partial charge >= 0.3 is 0 Å². The Bertz CT molecular complexity index is 757. The van der Waals surface area contributed by atoms with Crippen molar-refractivity contribution < 1.29 is 19.1 Å². The Morgan fingerprint density at radius 2 is 1.50 bits per heavy atom. The largest absolute Gasteiger partial charge is 0.494 e. The van der Waals surface area contributed by atoms with Crippen molar-refractivity contribution in [2.75, 3.05) is 13.2 Å². The first-order valence-electron chi connectivity index (χ1n) is 9.58. The first kappa shape index (κ1) is 21.3. The lowest BCUT2D eigenvalue weighted by molar-refractivity contribution is -0.123. The molecule has 1 atom stereocenters. The zero-order chi connectivity index (χ0) is 20.4. The van der Waals surface area contributed by atoms with Gasteiger partial charge in [-0.25, -0.2) is 0 Å². The lowest BCUT2D eigenvalue weighted by atomic mass is 9.99. The second-order valence-electron chi connectivity index (χ2n) is 6.54. The molecule has 6 heteroatoms. The third-order valence-electron chi connectivity index (χ3n) is 4.34. The summed E-state index contributed by atoms with van der Waals surface area (Å²) in [5, 5.41) is 0. The summed E-state index contributed by atoms with van der Waals surface area (Å²) in [5.41, 5.74) is 6.37. The molecular weight excluding hydrogens is 356 g/mol. The summed E-state index contributed by atoms with van der Waals surface area (Å²) in [6.07, 6.45) is 1.98. The normalized spacial score (nSPS) is 11.4. The molecule has 0 heterocycles. The van der Waals surface area contributed by atoms with Crippen LogP contribution in [-0.4, -0.2) is 25.0 Å². The topological polar surface area (TPSA) is 76.7 Å². The molecule has 6 nitrogen and oxygen atoms in total. The zero-order valence-electron chi connectivity index (χ0n) is 16.7. The Kier molecular flexibility index (Phi) is 8.34. The molecule has 0 radical (unpaired) electrons. The molecule has 0 aliphatic rings. The first-order chi connectivity index (χ1) is 13.5. The number of hydrazine groups is 1. The summed E-state index contributed by atoms with van der Waals surface area (Å²) in [5.74, 6) is 0.946. The van der Waals surface area contributed by atoms with Crippen LogP contribution >= 0.6 is 0 Å². The molecular formula is C22H28N2O4. The number of nitrogens with one attached hydrogen (secondary N) is 2. The van der Waals surface area contributed by atoms with E-state index in [9.17, 15) is 9.59 Å². The van der Waals surface area contributed by atoms with Crippen molar-refractivity contribution in [1.29, 1.82) is 0 Å². The number of hydrogen-bond donors (Lipinski definition) is 2. The van der Waals surface area contributed by atoms with Gasteiger partial charge in [0.2, 0.25) is 0 Å². The molecule has 0 aliphatic carbocycles. The Hall–Kier alpha value is -3.02. The van der Waals surface area contributed by atoms with Crippen LogP contribution in [0.1, 0.15) is 55.5 Å². The number of ether oxygens (including phenoxy) is 2. The highest BCUT2D eigenvalue weighted by atomic mass is 16.5. The Balaban J connectivity index is 1.75. The molecule has 0 saturated heterocycles. The molecule has 0 spiro atoms. The van der Waals surface area contributed by atoms with E-state index in [2.05, 4.69) is 24.7 Å². The quantitative estimate of drug-likeness (QED) is 0.644. The van der Waals surface area contributed by atoms with Gasteiger partial charge in [0.05, 0.1) is 6.61 Å². The Labute approximate surface area is 166 Å². The van der Waals surface area contributed by atoms with Gasteiger partial charge in [0.1, 0.15) is 11.5 Å². The van der Waals surface area contributed by atoms with Crippen molar-refractivity contribution in [3.63, 3.8) is 0 Å². The maximum atomic E-state index is 12.1. The molecule has 0 aliphatic heterocycles. The molecule has 2 rings (SSSR count). The molecule has 0 bridgehead atoms. The standard InChI is InChI=1S/C22H28N2O4/c1-4-14-27-19-12-8-18(9-13-19)22(26)24-23-21(25)15-28-20-10-6-17(7-11-20)16(3)5-2/h6-13,16H,4-5,14-15H2,1-3H3,(H,23,25)(H,24,26). The van der Waals surface area contributed by atoms with Gasteiger partial charge in [0, 0.05) is 5.56 Å². The van der Waals surface area contributed by atoms with Crippen LogP contribution in [0.25, 0.3) is 0 Å². The molecule has 0 aromatic heterocycles. The highest BCUT2D eigenvalue weighted by Crippen LogP contribution is 2.21. The Morgan fingerprint density at radius 1 is 0.893 bits per heavy atom. The fraction of sp³-hybridized carbons (Fsp3) is 0.364. The maximum absolute atomic E-state index is 12.1. The molecule has 2 aromatic rings. The van der Waals surface area contributed by atoms with Gasteiger partial charge in [0.15, 0.2) is 6.61 Å². The minimum Gasteiger partial charge on any atom is -0.494 e. The molecule has 28 heavy (non-hydrogen) atoms. The fourth-order valence-electron chi connectivity index (χ4n) is 2.43. The van der Waals surface area contributed by atoms with E-state index in [1.54, 1.807) is 24.3 Å². The van der Waals surface area contributed by atoms with Gasteiger partial charge in [-0.3, -0.25) is 20.4 Å². The number of carbonyl (C=O) groups excluding carboxylic acids is 2. The Morgan fingerprint density at radius 3 is 2.11 bits per heavy atom. The van der Waals surface area contributed by atoms with E-state index in [-0.39, 0.29) is 6.61 Å². The SMILES string of the molecule is CCCOc1ccc(C(=O)NNC(=O)COc2ccc(C(C)CC)cc2)cc1. The highest BCUT2D eigenvalue weighted by Gasteiger charge is 2.09. The maximum Gasteiger partial charge on any atom is 0.276 e. The number of benzene rings is 2. The predicted octanol–water partition coefficient (Wildman–Crippen LogP) is 3.83. The third-order valence-corrected chi connectivity index (χ3v) is 4.34. The fourth-order valence-corrected chi connectivity index (χ4v) is 2.43. The monoisotopic (exact) mass is 384 g/mol. The van der Waals surface area contributed by atoms with Crippen LogP contribution in [0.3, 0.4) is 0 Å². The minimum absolute atomic E-state index is 0.188. The molecule has 0 saturated carbocycles. The molecule has 150 valence electrons. The van der Waals surface area contributed by atoms with Gasteiger partial charge in [-0.15, -0.1) is 0 Å².